The molecule has 9 heteroatoms. The minimum Gasteiger partial charge on any atom is -0.369 e. The lowest BCUT2D eigenvalue weighted by Crippen LogP contribution is -2.49. The van der Waals surface area contributed by atoms with E-state index in [2.05, 4.69) is 32.6 Å². The van der Waals surface area contributed by atoms with Crippen LogP contribution in [-0.4, -0.2) is 56.0 Å². The van der Waals surface area contributed by atoms with Crippen LogP contribution in [0.4, 0.5) is 24.5 Å². The molecule has 3 rings (SSSR count). The molecule has 1 aliphatic heterocycles. The first-order valence-corrected chi connectivity index (χ1v) is 9.62. The second kappa shape index (κ2) is 9.62. The maximum absolute atomic E-state index is 12.6. The Kier molecular flexibility index (Phi) is 6.94. The molecule has 0 spiro atoms. The Hall–Kier alpha value is -3.07. The highest BCUT2D eigenvalue weighted by atomic mass is 19.4. The van der Waals surface area contributed by atoms with Crippen molar-refractivity contribution in [3.8, 4) is 0 Å². The number of rotatable bonds is 5. The van der Waals surface area contributed by atoms with E-state index in [1.165, 1.54) is 5.69 Å². The van der Waals surface area contributed by atoms with Crippen LogP contribution in [0.2, 0.25) is 0 Å². The average Bonchev–Trinajstić information content (AvgIpc) is 2.74. The number of hydrogen-bond donors (Lipinski definition) is 2. The largest absolute Gasteiger partial charge is 0.416 e. The van der Waals surface area contributed by atoms with E-state index >= 15 is 0 Å². The zero-order valence-electron chi connectivity index (χ0n) is 16.3. The highest BCUT2D eigenvalue weighted by Crippen LogP contribution is 2.29. The van der Waals surface area contributed by atoms with Crippen LogP contribution in [0.1, 0.15) is 5.56 Å². The molecule has 0 saturated carbocycles. The molecular weight excluding hydrogens is 397 g/mol. The van der Waals surface area contributed by atoms with Crippen molar-refractivity contribution in [2.24, 2.45) is 0 Å². The summed E-state index contributed by atoms with van der Waals surface area (Å²) in [6.07, 6.45) is -4.45. The van der Waals surface area contributed by atoms with Gasteiger partial charge in [-0.3, -0.25) is 14.5 Å². The fourth-order valence-corrected chi connectivity index (χ4v) is 3.21. The minimum absolute atomic E-state index is 0.125. The molecule has 0 bridgehead atoms. The molecule has 2 N–H and O–H groups in total. The highest BCUT2D eigenvalue weighted by molar-refractivity contribution is 6.39. The number of halogens is 3. The quantitative estimate of drug-likeness (QED) is 0.730. The topological polar surface area (TPSA) is 64.7 Å². The number of piperazine rings is 1. The fraction of sp³-hybridized carbons (Fsp3) is 0.333. The summed E-state index contributed by atoms with van der Waals surface area (Å²) in [6.45, 7) is 4.39. The smallest absolute Gasteiger partial charge is 0.369 e. The fourth-order valence-electron chi connectivity index (χ4n) is 3.21. The van der Waals surface area contributed by atoms with Crippen molar-refractivity contribution in [1.29, 1.82) is 0 Å². The van der Waals surface area contributed by atoms with Gasteiger partial charge in [0.2, 0.25) is 0 Å². The summed E-state index contributed by atoms with van der Waals surface area (Å²) >= 11 is 0. The van der Waals surface area contributed by atoms with Crippen LogP contribution in [0.5, 0.6) is 0 Å². The maximum Gasteiger partial charge on any atom is 0.416 e. The SMILES string of the molecule is O=C(NCCN1CCN(c2ccccc2)CC1)C(=O)Nc1ccc(C(F)(F)F)cc1. The van der Waals surface area contributed by atoms with Gasteiger partial charge < -0.3 is 15.5 Å². The summed E-state index contributed by atoms with van der Waals surface area (Å²) < 4.78 is 37.7. The van der Waals surface area contributed by atoms with Gasteiger partial charge in [-0.25, -0.2) is 0 Å². The Labute approximate surface area is 172 Å². The molecule has 30 heavy (non-hydrogen) atoms. The molecule has 1 heterocycles. The zero-order valence-corrected chi connectivity index (χ0v) is 16.3. The highest BCUT2D eigenvalue weighted by Gasteiger charge is 2.30. The van der Waals surface area contributed by atoms with Crippen molar-refractivity contribution in [2.75, 3.05) is 49.5 Å². The lowest BCUT2D eigenvalue weighted by molar-refractivity contribution is -0.137. The Morgan fingerprint density at radius 1 is 0.867 bits per heavy atom. The van der Waals surface area contributed by atoms with E-state index in [0.717, 1.165) is 50.4 Å². The molecule has 2 amide bonds. The Bertz CT molecular complexity index is 849. The second-order valence-corrected chi connectivity index (χ2v) is 6.95. The third-order valence-corrected chi connectivity index (χ3v) is 4.88. The summed E-state index contributed by atoms with van der Waals surface area (Å²) in [5.74, 6) is -1.73. The van der Waals surface area contributed by atoms with E-state index in [1.54, 1.807) is 0 Å². The van der Waals surface area contributed by atoms with Gasteiger partial charge in [-0.05, 0) is 36.4 Å². The van der Waals surface area contributed by atoms with E-state index in [-0.39, 0.29) is 5.69 Å². The van der Waals surface area contributed by atoms with Crippen molar-refractivity contribution < 1.29 is 22.8 Å². The van der Waals surface area contributed by atoms with Crippen molar-refractivity contribution in [3.63, 3.8) is 0 Å². The standard InChI is InChI=1S/C21H23F3N4O2/c22-21(23,24)16-6-8-17(9-7-16)26-20(30)19(29)25-10-11-27-12-14-28(15-13-27)18-4-2-1-3-5-18/h1-9H,10-15H2,(H,25,29)(H,26,30). The summed E-state index contributed by atoms with van der Waals surface area (Å²) in [5, 5.41) is 4.84. The first kappa shape index (κ1) is 21.6. The summed E-state index contributed by atoms with van der Waals surface area (Å²) in [6, 6.07) is 14.1. The molecule has 6 nitrogen and oxygen atoms in total. The van der Waals surface area contributed by atoms with Gasteiger partial charge in [0.25, 0.3) is 0 Å². The van der Waals surface area contributed by atoms with Gasteiger partial charge in [-0.1, -0.05) is 18.2 Å². The number of amides is 2. The van der Waals surface area contributed by atoms with Gasteiger partial charge >= 0.3 is 18.0 Å². The van der Waals surface area contributed by atoms with Crippen LogP contribution in [0.3, 0.4) is 0 Å². The molecule has 0 aliphatic carbocycles. The monoisotopic (exact) mass is 420 g/mol. The van der Waals surface area contributed by atoms with Gasteiger partial charge in [-0.2, -0.15) is 13.2 Å². The van der Waals surface area contributed by atoms with E-state index in [0.29, 0.717) is 13.1 Å². The number of benzene rings is 2. The van der Waals surface area contributed by atoms with Gasteiger partial charge in [0, 0.05) is 50.6 Å². The van der Waals surface area contributed by atoms with Gasteiger partial charge in [0.05, 0.1) is 5.56 Å². The van der Waals surface area contributed by atoms with Gasteiger partial charge in [0.15, 0.2) is 0 Å². The van der Waals surface area contributed by atoms with Crippen molar-refractivity contribution in [2.45, 2.75) is 6.18 Å². The Morgan fingerprint density at radius 2 is 1.50 bits per heavy atom. The molecule has 1 fully saturated rings. The van der Waals surface area contributed by atoms with Crippen LogP contribution in [0, 0.1) is 0 Å². The molecular formula is C21H23F3N4O2. The maximum atomic E-state index is 12.6. The number of carbonyl (C=O) groups excluding carboxylic acids is 2. The molecule has 1 aliphatic rings. The Morgan fingerprint density at radius 3 is 2.10 bits per heavy atom. The van der Waals surface area contributed by atoms with Gasteiger partial charge in [-0.15, -0.1) is 0 Å². The normalized spacial score (nSPS) is 15.0. The number of anilines is 2. The second-order valence-electron chi connectivity index (χ2n) is 6.95. The predicted octanol–water partition coefficient (Wildman–Crippen LogP) is 2.58. The molecule has 160 valence electrons. The lowest BCUT2D eigenvalue weighted by Gasteiger charge is -2.36. The number of carbonyl (C=O) groups is 2. The van der Waals surface area contributed by atoms with E-state index in [4.69, 9.17) is 0 Å². The van der Waals surface area contributed by atoms with Crippen LogP contribution in [0.25, 0.3) is 0 Å². The Balaban J connectivity index is 1.37. The lowest BCUT2D eigenvalue weighted by atomic mass is 10.2. The van der Waals surface area contributed by atoms with Crippen LogP contribution < -0.4 is 15.5 Å². The number of nitrogens with zero attached hydrogens (tertiary/aromatic N) is 2. The van der Waals surface area contributed by atoms with Crippen molar-refractivity contribution >= 4 is 23.2 Å². The third kappa shape index (κ3) is 5.96. The van der Waals surface area contributed by atoms with Crippen molar-refractivity contribution in [1.82, 2.24) is 10.2 Å². The van der Waals surface area contributed by atoms with Crippen LogP contribution >= 0.6 is 0 Å². The first-order valence-electron chi connectivity index (χ1n) is 9.62. The van der Waals surface area contributed by atoms with E-state index < -0.39 is 23.6 Å². The molecule has 0 radical (unpaired) electrons. The summed E-state index contributed by atoms with van der Waals surface area (Å²) in [7, 11) is 0. The molecule has 0 unspecified atom stereocenters. The van der Waals surface area contributed by atoms with Crippen LogP contribution in [-0.2, 0) is 15.8 Å². The number of nitrogens with one attached hydrogen (secondary N) is 2. The van der Waals surface area contributed by atoms with Crippen molar-refractivity contribution in [3.05, 3.63) is 60.2 Å². The summed E-state index contributed by atoms with van der Waals surface area (Å²) in [5.41, 5.74) is 0.489. The summed E-state index contributed by atoms with van der Waals surface area (Å²) in [4.78, 5) is 28.3. The van der Waals surface area contributed by atoms with Crippen LogP contribution in [0.15, 0.2) is 54.6 Å². The molecule has 0 aromatic heterocycles. The zero-order chi connectivity index (χ0) is 21.6. The number of alkyl halides is 3. The first-order chi connectivity index (χ1) is 14.3. The van der Waals surface area contributed by atoms with E-state index in [9.17, 15) is 22.8 Å². The molecule has 0 atom stereocenters. The van der Waals surface area contributed by atoms with Gasteiger partial charge in [0.1, 0.15) is 0 Å². The number of hydrogen-bond acceptors (Lipinski definition) is 4. The third-order valence-electron chi connectivity index (χ3n) is 4.88. The number of para-hydroxylation sites is 1. The molecule has 2 aromatic rings. The van der Waals surface area contributed by atoms with E-state index in [1.807, 2.05) is 18.2 Å². The average molecular weight is 420 g/mol. The molecule has 2 aromatic carbocycles. The predicted molar refractivity (Wildman–Crippen MR) is 108 cm³/mol. The minimum atomic E-state index is -4.45. The molecule has 1 saturated heterocycles.